The van der Waals surface area contributed by atoms with E-state index >= 15 is 0 Å². The van der Waals surface area contributed by atoms with Crippen LogP contribution >= 0.6 is 17.0 Å². The molecule has 0 heterocycles. The summed E-state index contributed by atoms with van der Waals surface area (Å²) in [5.41, 5.74) is 10.3. The van der Waals surface area contributed by atoms with Gasteiger partial charge in [0.2, 0.25) is 0 Å². The van der Waals surface area contributed by atoms with Crippen molar-refractivity contribution >= 4 is 23.1 Å². The number of primary amides is 1. The van der Waals surface area contributed by atoms with Gasteiger partial charge < -0.3 is 16.2 Å². The first-order chi connectivity index (χ1) is 5.52. The molecule has 5 heteroatoms. The summed E-state index contributed by atoms with van der Waals surface area (Å²) in [7, 11) is 0. The summed E-state index contributed by atoms with van der Waals surface area (Å²) in [6.07, 6.45) is 2.76. The van der Waals surface area contributed by atoms with Crippen molar-refractivity contribution < 1.29 is 9.53 Å². The summed E-state index contributed by atoms with van der Waals surface area (Å²) >= 11 is 0. The maximum absolute atomic E-state index is 10.5. The maximum Gasteiger partial charge on any atom is 0.405 e. The van der Waals surface area contributed by atoms with E-state index in [-0.39, 0.29) is 28.6 Å². The summed E-state index contributed by atoms with van der Waals surface area (Å²) in [5, 5.41) is 0. The largest absolute Gasteiger partial charge is 0.443 e. The predicted molar refractivity (Wildman–Crippen MR) is 55.8 cm³/mol. The van der Waals surface area contributed by atoms with Gasteiger partial charge in [-0.05, 0) is 32.6 Å². The number of halogens is 1. The van der Waals surface area contributed by atoms with E-state index in [1.165, 1.54) is 0 Å². The fourth-order valence-corrected chi connectivity index (χ4v) is 1.60. The van der Waals surface area contributed by atoms with Crippen molar-refractivity contribution in [2.75, 3.05) is 0 Å². The topological polar surface area (TPSA) is 78.3 Å². The highest BCUT2D eigenvalue weighted by atomic mass is 79.9. The maximum atomic E-state index is 10.5. The van der Waals surface area contributed by atoms with Gasteiger partial charge in [0.1, 0.15) is 5.60 Å². The van der Waals surface area contributed by atoms with Gasteiger partial charge in [-0.3, -0.25) is 0 Å². The molecule has 13 heavy (non-hydrogen) atoms. The Kier molecular flexibility index (Phi) is 4.70. The number of amides is 1. The van der Waals surface area contributed by atoms with Gasteiger partial charge in [-0.2, -0.15) is 0 Å². The van der Waals surface area contributed by atoms with E-state index in [0.29, 0.717) is 0 Å². The number of ether oxygens (including phenoxy) is 1. The van der Waals surface area contributed by atoms with Crippen LogP contribution in [0, 0.1) is 0 Å². The fraction of sp³-hybridized carbons (Fsp3) is 0.875. The number of rotatable bonds is 1. The van der Waals surface area contributed by atoms with Gasteiger partial charge in [0, 0.05) is 6.04 Å². The van der Waals surface area contributed by atoms with E-state index in [9.17, 15) is 4.79 Å². The first kappa shape index (κ1) is 12.7. The zero-order valence-electron chi connectivity index (χ0n) is 7.79. The van der Waals surface area contributed by atoms with Crippen molar-refractivity contribution in [2.24, 2.45) is 11.5 Å². The molecule has 4 nitrogen and oxygen atoms in total. The van der Waals surface area contributed by atoms with Crippen LogP contribution in [0.1, 0.15) is 32.6 Å². The smallest absolute Gasteiger partial charge is 0.405 e. The summed E-state index contributed by atoms with van der Waals surface area (Å²) in [6, 6.07) is 0.259. The van der Waals surface area contributed by atoms with Crippen molar-refractivity contribution in [1.29, 1.82) is 0 Å². The van der Waals surface area contributed by atoms with Gasteiger partial charge >= 0.3 is 6.09 Å². The normalized spacial score (nSPS) is 33.2. The highest BCUT2D eigenvalue weighted by molar-refractivity contribution is 8.93. The monoisotopic (exact) mass is 252 g/mol. The SMILES string of the molecule is Br.C[C@]1(OC(N)=O)CC[C@H](N)CC1. The Morgan fingerprint density at radius 2 is 1.92 bits per heavy atom. The number of carbonyl (C=O) groups excluding carboxylic acids is 1. The summed E-state index contributed by atoms with van der Waals surface area (Å²) < 4.78 is 5.01. The second kappa shape index (κ2) is 4.81. The van der Waals surface area contributed by atoms with Crippen LogP contribution in [0.25, 0.3) is 0 Å². The molecule has 0 saturated heterocycles. The number of hydrogen-bond donors (Lipinski definition) is 2. The molecule has 0 aromatic carbocycles. The van der Waals surface area contributed by atoms with Crippen LogP contribution in [0.3, 0.4) is 0 Å². The molecule has 0 bridgehead atoms. The lowest BCUT2D eigenvalue weighted by atomic mass is 9.84. The predicted octanol–water partition coefficient (Wildman–Crippen LogP) is 1.32. The van der Waals surface area contributed by atoms with Crippen molar-refractivity contribution in [2.45, 2.75) is 44.2 Å². The third-order valence-corrected chi connectivity index (χ3v) is 2.43. The number of nitrogens with two attached hydrogens (primary N) is 2. The van der Waals surface area contributed by atoms with Crippen LogP contribution in [0.2, 0.25) is 0 Å². The lowest BCUT2D eigenvalue weighted by molar-refractivity contribution is -0.000494. The summed E-state index contributed by atoms with van der Waals surface area (Å²) in [5.74, 6) is 0. The molecule has 78 valence electrons. The summed E-state index contributed by atoms with van der Waals surface area (Å²) in [6.45, 7) is 1.91. The average Bonchev–Trinajstić information content (AvgIpc) is 1.94. The third kappa shape index (κ3) is 3.95. The Hall–Kier alpha value is -0.290. The molecule has 0 aromatic heterocycles. The number of carbonyl (C=O) groups is 1. The molecular formula is C8H17BrN2O2. The molecule has 1 fully saturated rings. The Morgan fingerprint density at radius 1 is 1.46 bits per heavy atom. The number of hydrogen-bond acceptors (Lipinski definition) is 3. The lowest BCUT2D eigenvalue weighted by Gasteiger charge is -2.34. The van der Waals surface area contributed by atoms with Crippen molar-refractivity contribution in [1.82, 2.24) is 0 Å². The van der Waals surface area contributed by atoms with Crippen LogP contribution in [-0.2, 0) is 4.74 Å². The molecule has 1 aliphatic carbocycles. The Bertz CT molecular complexity index is 179. The standard InChI is InChI=1S/C8H16N2O2.BrH/c1-8(12-7(10)11)4-2-6(9)3-5-8;/h6H,2-5,9H2,1H3,(H2,10,11);1H/t6-,8-;. The molecule has 1 rings (SSSR count). The molecule has 1 saturated carbocycles. The zero-order valence-corrected chi connectivity index (χ0v) is 9.50. The Balaban J connectivity index is 0.00000144. The third-order valence-electron chi connectivity index (χ3n) is 2.43. The molecule has 0 aliphatic heterocycles. The lowest BCUT2D eigenvalue weighted by Crippen LogP contribution is -2.41. The molecule has 1 amide bonds. The first-order valence-electron chi connectivity index (χ1n) is 4.26. The first-order valence-corrected chi connectivity index (χ1v) is 4.26. The van der Waals surface area contributed by atoms with Crippen LogP contribution < -0.4 is 11.5 Å². The van der Waals surface area contributed by atoms with E-state index in [0.717, 1.165) is 25.7 Å². The fourth-order valence-electron chi connectivity index (χ4n) is 1.60. The van der Waals surface area contributed by atoms with E-state index in [1.54, 1.807) is 0 Å². The van der Waals surface area contributed by atoms with E-state index in [4.69, 9.17) is 16.2 Å². The van der Waals surface area contributed by atoms with Gasteiger partial charge in [0.05, 0.1) is 0 Å². The van der Waals surface area contributed by atoms with Crippen LogP contribution in [0.4, 0.5) is 4.79 Å². The highest BCUT2D eigenvalue weighted by Gasteiger charge is 2.32. The molecule has 1 aliphatic rings. The molecule has 4 N–H and O–H groups in total. The molecule has 0 aromatic rings. The molecule has 0 atom stereocenters. The molecular weight excluding hydrogens is 236 g/mol. The van der Waals surface area contributed by atoms with Gasteiger partial charge in [-0.15, -0.1) is 17.0 Å². The van der Waals surface area contributed by atoms with Crippen molar-refractivity contribution in [3.05, 3.63) is 0 Å². The van der Waals surface area contributed by atoms with Gasteiger partial charge in [0.25, 0.3) is 0 Å². The van der Waals surface area contributed by atoms with E-state index in [2.05, 4.69) is 0 Å². The van der Waals surface area contributed by atoms with Crippen LogP contribution in [-0.4, -0.2) is 17.7 Å². The van der Waals surface area contributed by atoms with Crippen LogP contribution in [0.5, 0.6) is 0 Å². The average molecular weight is 253 g/mol. The van der Waals surface area contributed by atoms with E-state index in [1.807, 2.05) is 6.92 Å². The van der Waals surface area contributed by atoms with Gasteiger partial charge in [-0.25, -0.2) is 4.79 Å². The Labute approximate surface area is 88.8 Å². The van der Waals surface area contributed by atoms with Crippen molar-refractivity contribution in [3.63, 3.8) is 0 Å². The highest BCUT2D eigenvalue weighted by Crippen LogP contribution is 2.30. The molecule has 0 spiro atoms. The minimum atomic E-state index is -0.687. The Morgan fingerprint density at radius 3 is 2.31 bits per heavy atom. The second-order valence-corrected chi connectivity index (χ2v) is 3.71. The molecule has 0 unspecified atom stereocenters. The quantitative estimate of drug-likeness (QED) is 0.739. The second-order valence-electron chi connectivity index (χ2n) is 3.71. The van der Waals surface area contributed by atoms with E-state index < -0.39 is 6.09 Å². The van der Waals surface area contributed by atoms with Crippen molar-refractivity contribution in [3.8, 4) is 0 Å². The van der Waals surface area contributed by atoms with Gasteiger partial charge in [-0.1, -0.05) is 0 Å². The zero-order chi connectivity index (χ0) is 9.19. The minimum Gasteiger partial charge on any atom is -0.443 e. The minimum absolute atomic E-state index is 0. The van der Waals surface area contributed by atoms with Crippen LogP contribution in [0.15, 0.2) is 0 Å². The molecule has 0 radical (unpaired) electrons. The van der Waals surface area contributed by atoms with Gasteiger partial charge in [0.15, 0.2) is 0 Å². The summed E-state index contributed by atoms with van der Waals surface area (Å²) in [4.78, 5) is 10.5.